The Balaban J connectivity index is 1.52. The van der Waals surface area contributed by atoms with E-state index in [1.807, 2.05) is 17.2 Å². The van der Waals surface area contributed by atoms with Gasteiger partial charge in [-0.05, 0) is 36.9 Å². The van der Waals surface area contributed by atoms with Gasteiger partial charge >= 0.3 is 0 Å². The number of amides is 1. The number of hydrogen-bond acceptors (Lipinski definition) is 3. The van der Waals surface area contributed by atoms with Crippen LogP contribution in [0.5, 0.6) is 0 Å². The quantitative estimate of drug-likeness (QED) is 0.859. The van der Waals surface area contributed by atoms with Gasteiger partial charge in [-0.15, -0.1) is 0 Å². The number of nitrogens with zero attached hydrogens (tertiary/aromatic N) is 2. The molecule has 1 N–H and O–H groups in total. The van der Waals surface area contributed by atoms with E-state index in [-0.39, 0.29) is 5.91 Å². The Bertz CT molecular complexity index is 442. The van der Waals surface area contributed by atoms with Crippen LogP contribution in [0.15, 0.2) is 18.3 Å². The summed E-state index contributed by atoms with van der Waals surface area (Å²) in [6.07, 6.45) is 5.35. The zero-order valence-electron chi connectivity index (χ0n) is 10.6. The van der Waals surface area contributed by atoms with Gasteiger partial charge in [0.2, 0.25) is 5.91 Å². The first kappa shape index (κ1) is 11.7. The molecule has 0 unspecified atom stereocenters. The van der Waals surface area contributed by atoms with E-state index in [0.29, 0.717) is 13.1 Å². The zero-order chi connectivity index (χ0) is 12.4. The summed E-state index contributed by atoms with van der Waals surface area (Å²) < 4.78 is 0. The molecule has 0 aromatic carbocycles. The zero-order valence-corrected chi connectivity index (χ0v) is 10.6. The van der Waals surface area contributed by atoms with Crippen molar-refractivity contribution in [3.8, 4) is 0 Å². The number of hydrogen-bond donors (Lipinski definition) is 1. The van der Waals surface area contributed by atoms with Crippen LogP contribution in [0.4, 0.5) is 0 Å². The van der Waals surface area contributed by atoms with Gasteiger partial charge in [0.15, 0.2) is 0 Å². The second kappa shape index (κ2) is 5.06. The summed E-state index contributed by atoms with van der Waals surface area (Å²) in [7, 11) is 0. The molecule has 1 saturated carbocycles. The second-order valence-corrected chi connectivity index (χ2v) is 5.25. The standard InChI is InChI=1S/C14H19N3O/c18-14(9-15-8-11-3-4-11)17-7-5-13-12(10-17)2-1-6-16-13/h1-2,6,11,15H,3-5,7-10H2. The molecule has 1 aliphatic heterocycles. The van der Waals surface area contributed by atoms with Crippen LogP contribution in [0.1, 0.15) is 24.1 Å². The predicted octanol–water partition coefficient (Wildman–Crippen LogP) is 0.966. The Kier molecular flexibility index (Phi) is 3.28. The van der Waals surface area contributed by atoms with E-state index in [9.17, 15) is 4.79 Å². The normalized spacial score (nSPS) is 18.6. The lowest BCUT2D eigenvalue weighted by Gasteiger charge is -2.28. The maximum Gasteiger partial charge on any atom is 0.236 e. The summed E-state index contributed by atoms with van der Waals surface area (Å²) in [6.45, 7) is 2.99. The minimum atomic E-state index is 0.213. The van der Waals surface area contributed by atoms with Crippen LogP contribution in [-0.4, -0.2) is 35.4 Å². The third kappa shape index (κ3) is 2.70. The molecule has 1 fully saturated rings. The van der Waals surface area contributed by atoms with E-state index in [2.05, 4.69) is 16.4 Å². The first-order valence-electron chi connectivity index (χ1n) is 6.74. The summed E-state index contributed by atoms with van der Waals surface area (Å²) >= 11 is 0. The van der Waals surface area contributed by atoms with Gasteiger partial charge in [0.25, 0.3) is 0 Å². The highest BCUT2D eigenvalue weighted by Crippen LogP contribution is 2.27. The van der Waals surface area contributed by atoms with Crippen LogP contribution in [0.3, 0.4) is 0 Å². The number of aromatic nitrogens is 1. The third-order valence-corrected chi connectivity index (χ3v) is 3.72. The van der Waals surface area contributed by atoms with Crippen molar-refractivity contribution in [3.05, 3.63) is 29.6 Å². The van der Waals surface area contributed by atoms with Crippen LogP contribution in [0.2, 0.25) is 0 Å². The predicted molar refractivity (Wildman–Crippen MR) is 69.0 cm³/mol. The fourth-order valence-corrected chi connectivity index (χ4v) is 2.40. The van der Waals surface area contributed by atoms with Gasteiger partial charge in [-0.1, -0.05) is 6.07 Å². The van der Waals surface area contributed by atoms with Gasteiger partial charge in [0.05, 0.1) is 6.54 Å². The van der Waals surface area contributed by atoms with E-state index in [0.717, 1.165) is 31.1 Å². The molecule has 0 saturated heterocycles. The summed E-state index contributed by atoms with van der Waals surface area (Å²) in [6, 6.07) is 4.01. The number of rotatable bonds is 4. The van der Waals surface area contributed by atoms with E-state index >= 15 is 0 Å². The largest absolute Gasteiger partial charge is 0.337 e. The van der Waals surface area contributed by atoms with Gasteiger partial charge < -0.3 is 10.2 Å². The van der Waals surface area contributed by atoms with E-state index in [1.54, 1.807) is 0 Å². The highest BCUT2D eigenvalue weighted by Gasteiger charge is 2.23. The summed E-state index contributed by atoms with van der Waals surface area (Å²) in [5.41, 5.74) is 2.34. The Morgan fingerprint density at radius 3 is 3.22 bits per heavy atom. The Hall–Kier alpha value is -1.42. The van der Waals surface area contributed by atoms with E-state index < -0.39 is 0 Å². The van der Waals surface area contributed by atoms with Crippen molar-refractivity contribution in [1.29, 1.82) is 0 Å². The molecular formula is C14H19N3O. The van der Waals surface area contributed by atoms with Crippen LogP contribution in [-0.2, 0) is 17.8 Å². The molecule has 2 heterocycles. The third-order valence-electron chi connectivity index (χ3n) is 3.72. The molecule has 18 heavy (non-hydrogen) atoms. The Morgan fingerprint density at radius 1 is 1.50 bits per heavy atom. The number of fused-ring (bicyclic) bond motifs is 1. The van der Waals surface area contributed by atoms with Crippen molar-refractivity contribution >= 4 is 5.91 Å². The van der Waals surface area contributed by atoms with Crippen LogP contribution in [0.25, 0.3) is 0 Å². The SMILES string of the molecule is O=C(CNCC1CC1)N1CCc2ncccc2C1. The molecule has 4 nitrogen and oxygen atoms in total. The average molecular weight is 245 g/mol. The summed E-state index contributed by atoms with van der Waals surface area (Å²) in [5.74, 6) is 1.04. The minimum absolute atomic E-state index is 0.213. The molecule has 3 rings (SSSR count). The number of carbonyl (C=O) groups excluding carboxylic acids is 1. The molecule has 0 radical (unpaired) electrons. The smallest absolute Gasteiger partial charge is 0.236 e. The van der Waals surface area contributed by atoms with Crippen molar-refractivity contribution in [2.24, 2.45) is 5.92 Å². The molecule has 4 heteroatoms. The first-order valence-corrected chi connectivity index (χ1v) is 6.74. The van der Waals surface area contributed by atoms with E-state index in [1.165, 1.54) is 18.4 Å². The molecular weight excluding hydrogens is 226 g/mol. The monoisotopic (exact) mass is 245 g/mol. The number of nitrogens with one attached hydrogen (secondary N) is 1. The highest BCUT2D eigenvalue weighted by atomic mass is 16.2. The minimum Gasteiger partial charge on any atom is -0.337 e. The lowest BCUT2D eigenvalue weighted by Crippen LogP contribution is -2.41. The topological polar surface area (TPSA) is 45.2 Å². The summed E-state index contributed by atoms with van der Waals surface area (Å²) in [5, 5.41) is 3.26. The maximum atomic E-state index is 12.1. The fourth-order valence-electron chi connectivity index (χ4n) is 2.40. The first-order chi connectivity index (χ1) is 8.83. The molecule has 0 atom stereocenters. The molecule has 0 spiro atoms. The van der Waals surface area contributed by atoms with Gasteiger partial charge in [-0.25, -0.2) is 0 Å². The van der Waals surface area contributed by atoms with Crippen molar-refractivity contribution in [3.63, 3.8) is 0 Å². The second-order valence-electron chi connectivity index (χ2n) is 5.25. The van der Waals surface area contributed by atoms with Crippen LogP contribution in [0, 0.1) is 5.92 Å². The molecule has 1 aliphatic carbocycles. The Morgan fingerprint density at radius 2 is 2.39 bits per heavy atom. The van der Waals surface area contributed by atoms with Gasteiger partial charge in [0, 0.05) is 31.4 Å². The van der Waals surface area contributed by atoms with Crippen molar-refractivity contribution < 1.29 is 4.79 Å². The Labute approximate surface area is 107 Å². The van der Waals surface area contributed by atoms with Gasteiger partial charge in [-0.2, -0.15) is 0 Å². The van der Waals surface area contributed by atoms with Gasteiger partial charge in [0.1, 0.15) is 0 Å². The maximum absolute atomic E-state index is 12.1. The highest BCUT2D eigenvalue weighted by molar-refractivity contribution is 5.78. The average Bonchev–Trinajstić information content (AvgIpc) is 3.22. The van der Waals surface area contributed by atoms with Crippen molar-refractivity contribution in [2.75, 3.05) is 19.6 Å². The number of carbonyl (C=O) groups is 1. The molecule has 1 aromatic heterocycles. The number of pyridine rings is 1. The van der Waals surface area contributed by atoms with E-state index in [4.69, 9.17) is 0 Å². The molecule has 2 aliphatic rings. The lowest BCUT2D eigenvalue weighted by atomic mass is 10.1. The van der Waals surface area contributed by atoms with Crippen LogP contribution >= 0.6 is 0 Å². The lowest BCUT2D eigenvalue weighted by molar-refractivity contribution is -0.131. The van der Waals surface area contributed by atoms with Crippen LogP contribution < -0.4 is 5.32 Å². The van der Waals surface area contributed by atoms with Crippen molar-refractivity contribution in [2.45, 2.75) is 25.8 Å². The molecule has 96 valence electrons. The van der Waals surface area contributed by atoms with Gasteiger partial charge in [-0.3, -0.25) is 9.78 Å². The molecule has 1 amide bonds. The fraction of sp³-hybridized carbons (Fsp3) is 0.571. The molecule has 0 bridgehead atoms. The van der Waals surface area contributed by atoms with Crippen molar-refractivity contribution in [1.82, 2.24) is 15.2 Å². The molecule has 1 aromatic rings. The summed E-state index contributed by atoms with van der Waals surface area (Å²) in [4.78, 5) is 18.3.